The van der Waals surface area contributed by atoms with Gasteiger partial charge in [-0.3, -0.25) is 10.1 Å². The Kier molecular flexibility index (Phi) is 5.80. The maximum absolute atomic E-state index is 12.6. The number of hydrogen-bond donors (Lipinski definition) is 1. The van der Waals surface area contributed by atoms with Gasteiger partial charge in [0.25, 0.3) is 5.91 Å². The Morgan fingerprint density at radius 3 is 2.69 bits per heavy atom. The van der Waals surface area contributed by atoms with E-state index in [-0.39, 0.29) is 15.7 Å². The van der Waals surface area contributed by atoms with Gasteiger partial charge in [-0.25, -0.2) is 8.42 Å². The van der Waals surface area contributed by atoms with Gasteiger partial charge < -0.3 is 4.42 Å². The van der Waals surface area contributed by atoms with Crippen LogP contribution in [0, 0.1) is 0 Å². The molecule has 1 amide bonds. The van der Waals surface area contributed by atoms with E-state index in [2.05, 4.69) is 30.6 Å². The zero-order valence-electron chi connectivity index (χ0n) is 13.3. The van der Waals surface area contributed by atoms with E-state index in [1.165, 1.54) is 36.0 Å². The van der Waals surface area contributed by atoms with Gasteiger partial charge in [0.2, 0.25) is 25.2 Å². The highest BCUT2D eigenvalue weighted by molar-refractivity contribution is 9.10. The van der Waals surface area contributed by atoms with Crippen LogP contribution in [0.2, 0.25) is 0 Å². The first kappa shape index (κ1) is 19.1. The molecule has 0 fully saturated rings. The maximum Gasteiger partial charge on any atom is 0.293 e. The quantitative estimate of drug-likeness (QED) is 0.537. The van der Waals surface area contributed by atoms with E-state index in [9.17, 15) is 13.2 Å². The third-order valence-electron chi connectivity index (χ3n) is 3.10. The number of nitrogens with one attached hydrogen (secondary N) is 1. The summed E-state index contributed by atoms with van der Waals surface area (Å²) in [6.07, 6.45) is 0. The van der Waals surface area contributed by atoms with Crippen LogP contribution in [-0.2, 0) is 9.84 Å². The van der Waals surface area contributed by atoms with Gasteiger partial charge in [-0.05, 0) is 42.2 Å². The van der Waals surface area contributed by atoms with Gasteiger partial charge in [-0.2, -0.15) is 9.36 Å². The van der Waals surface area contributed by atoms with Crippen molar-refractivity contribution in [1.82, 2.24) is 9.36 Å². The molecule has 0 aliphatic heterocycles. The molecular formula is C15H12BrN3O4S3. The number of carbonyl (C=O) groups excluding carboxylic acids is 1. The van der Waals surface area contributed by atoms with E-state index < -0.39 is 15.7 Å². The molecule has 136 valence electrons. The second-order valence-electron chi connectivity index (χ2n) is 4.85. The number of aromatic nitrogens is 2. The fraction of sp³-hybridized carbons (Fsp3) is 0.133. The number of nitrogens with zero attached hydrogens (tertiary/aromatic N) is 2. The molecule has 2 heterocycles. The van der Waals surface area contributed by atoms with Crippen molar-refractivity contribution in [2.75, 3.05) is 11.1 Å². The number of furan rings is 1. The predicted octanol–water partition coefficient (Wildman–Crippen LogP) is 4.09. The molecule has 11 heteroatoms. The van der Waals surface area contributed by atoms with Crippen LogP contribution in [0.1, 0.15) is 17.5 Å². The van der Waals surface area contributed by atoms with Crippen molar-refractivity contribution in [3.05, 3.63) is 46.6 Å². The summed E-state index contributed by atoms with van der Waals surface area (Å²) in [4.78, 5) is 16.5. The summed E-state index contributed by atoms with van der Waals surface area (Å²) in [6, 6.07) is 8.70. The highest BCUT2D eigenvalue weighted by Gasteiger charge is 2.24. The van der Waals surface area contributed by atoms with E-state index >= 15 is 0 Å². The van der Waals surface area contributed by atoms with Gasteiger partial charge in [-0.1, -0.05) is 34.6 Å². The molecule has 3 aromatic rings. The Balaban J connectivity index is 1.78. The standard InChI is InChI=1S/C15H12BrN3O4S3/c1-2-24-15-18-14(25-19-15)17-13(20)11-7-8-12(23-11)26(21,22)10-5-3-9(16)4-6-10/h3-8H,2H2,1H3,(H,17,18,19,20). The molecule has 1 aromatic carbocycles. The van der Waals surface area contributed by atoms with Crippen LogP contribution in [-0.4, -0.2) is 29.4 Å². The number of halogens is 1. The molecule has 2 aromatic heterocycles. The van der Waals surface area contributed by atoms with Crippen LogP contribution >= 0.6 is 39.2 Å². The zero-order chi connectivity index (χ0) is 18.7. The monoisotopic (exact) mass is 473 g/mol. The van der Waals surface area contributed by atoms with Crippen LogP contribution in [0.5, 0.6) is 0 Å². The fourth-order valence-corrected chi connectivity index (χ4v) is 4.63. The molecule has 3 rings (SSSR count). The summed E-state index contributed by atoms with van der Waals surface area (Å²) in [5, 5.41) is 3.14. The number of anilines is 1. The van der Waals surface area contributed by atoms with Gasteiger partial charge >= 0.3 is 0 Å². The molecule has 0 spiro atoms. The second kappa shape index (κ2) is 7.91. The third-order valence-corrected chi connectivity index (χ3v) is 6.74. The van der Waals surface area contributed by atoms with Crippen LogP contribution in [0.4, 0.5) is 5.13 Å². The largest absolute Gasteiger partial charge is 0.439 e. The molecule has 0 aliphatic rings. The smallest absolute Gasteiger partial charge is 0.293 e. The van der Waals surface area contributed by atoms with E-state index in [0.717, 1.165) is 21.8 Å². The topological polar surface area (TPSA) is 102 Å². The first-order valence-corrected chi connectivity index (χ1v) is 11.3. The van der Waals surface area contributed by atoms with Crippen molar-refractivity contribution in [1.29, 1.82) is 0 Å². The Bertz CT molecular complexity index is 1030. The average Bonchev–Trinajstić information content (AvgIpc) is 3.25. The summed E-state index contributed by atoms with van der Waals surface area (Å²) in [5.41, 5.74) is 0. The summed E-state index contributed by atoms with van der Waals surface area (Å²) in [7, 11) is -3.84. The highest BCUT2D eigenvalue weighted by Crippen LogP contribution is 2.25. The number of rotatable bonds is 6. The molecule has 1 N–H and O–H groups in total. The first-order valence-electron chi connectivity index (χ1n) is 7.28. The summed E-state index contributed by atoms with van der Waals surface area (Å²) < 4.78 is 35.2. The Labute approximate surface area is 166 Å². The van der Waals surface area contributed by atoms with E-state index in [0.29, 0.717) is 10.3 Å². The van der Waals surface area contributed by atoms with Crippen molar-refractivity contribution in [3.8, 4) is 0 Å². The number of hydrogen-bond acceptors (Lipinski definition) is 8. The van der Waals surface area contributed by atoms with Gasteiger partial charge in [0.05, 0.1) is 4.90 Å². The van der Waals surface area contributed by atoms with Crippen molar-refractivity contribution >= 4 is 60.1 Å². The van der Waals surface area contributed by atoms with Crippen LogP contribution in [0.3, 0.4) is 0 Å². The predicted molar refractivity (Wildman–Crippen MR) is 103 cm³/mol. The molecule has 0 bridgehead atoms. The Hall–Kier alpha value is -1.69. The molecule has 0 atom stereocenters. The number of carbonyl (C=O) groups is 1. The van der Waals surface area contributed by atoms with Gasteiger partial charge in [0.1, 0.15) is 0 Å². The highest BCUT2D eigenvalue weighted by atomic mass is 79.9. The van der Waals surface area contributed by atoms with E-state index in [1.807, 2.05) is 6.92 Å². The minimum Gasteiger partial charge on any atom is -0.439 e. The molecular weight excluding hydrogens is 462 g/mol. The summed E-state index contributed by atoms with van der Waals surface area (Å²) >= 11 is 5.75. The SMILES string of the molecule is CCSc1nsc(NC(=O)c2ccc(S(=O)(=O)c3ccc(Br)cc3)o2)n1. The summed E-state index contributed by atoms with van der Waals surface area (Å²) in [5.74, 6) is 0.103. The second-order valence-corrected chi connectivity index (χ2v) is 9.62. The zero-order valence-corrected chi connectivity index (χ0v) is 17.3. The lowest BCUT2D eigenvalue weighted by Gasteiger charge is -2.01. The first-order chi connectivity index (χ1) is 12.4. The van der Waals surface area contributed by atoms with Crippen molar-refractivity contribution in [2.45, 2.75) is 22.1 Å². The fourth-order valence-electron chi connectivity index (χ4n) is 1.92. The van der Waals surface area contributed by atoms with Gasteiger partial charge in [-0.15, -0.1) is 0 Å². The van der Waals surface area contributed by atoms with Crippen LogP contribution in [0.25, 0.3) is 0 Å². The number of amides is 1. The molecule has 0 radical (unpaired) electrons. The lowest BCUT2D eigenvalue weighted by atomic mass is 10.4. The Morgan fingerprint density at radius 2 is 2.00 bits per heavy atom. The third kappa shape index (κ3) is 4.17. The van der Waals surface area contributed by atoms with E-state index in [4.69, 9.17) is 4.42 Å². The van der Waals surface area contributed by atoms with Crippen molar-refractivity contribution < 1.29 is 17.6 Å². The maximum atomic E-state index is 12.6. The molecule has 0 saturated heterocycles. The normalized spacial score (nSPS) is 11.5. The Morgan fingerprint density at radius 1 is 1.27 bits per heavy atom. The minimum absolute atomic E-state index is 0.0763. The number of thioether (sulfide) groups is 1. The van der Waals surface area contributed by atoms with Crippen LogP contribution in [0.15, 0.2) is 60.4 Å². The molecule has 0 saturated carbocycles. The molecule has 0 aliphatic carbocycles. The number of benzene rings is 1. The lowest BCUT2D eigenvalue weighted by molar-refractivity contribution is 0.0991. The molecule has 7 nitrogen and oxygen atoms in total. The molecule has 26 heavy (non-hydrogen) atoms. The summed E-state index contributed by atoms with van der Waals surface area (Å²) in [6.45, 7) is 1.97. The lowest BCUT2D eigenvalue weighted by Crippen LogP contribution is -2.10. The molecule has 0 unspecified atom stereocenters. The van der Waals surface area contributed by atoms with Gasteiger partial charge in [0.15, 0.2) is 5.76 Å². The van der Waals surface area contributed by atoms with Crippen LogP contribution < -0.4 is 5.32 Å². The van der Waals surface area contributed by atoms with Gasteiger partial charge in [0, 0.05) is 16.0 Å². The van der Waals surface area contributed by atoms with E-state index in [1.54, 1.807) is 12.1 Å². The average molecular weight is 474 g/mol. The van der Waals surface area contributed by atoms with Crippen molar-refractivity contribution in [2.24, 2.45) is 0 Å². The minimum atomic E-state index is -3.84. The number of sulfone groups is 1. The van der Waals surface area contributed by atoms with Crippen molar-refractivity contribution in [3.63, 3.8) is 0 Å².